The molecule has 0 atom stereocenters. The molecular weight excluding hydrogens is 426 g/mol. The predicted octanol–water partition coefficient (Wildman–Crippen LogP) is 6.40. The molecule has 9 heteroatoms. The third-order valence-electron chi connectivity index (χ3n) is 4.41. The van der Waals surface area contributed by atoms with E-state index in [1.807, 2.05) is 0 Å². The number of amidine groups is 1. The maximum absolute atomic E-state index is 14.0. The number of hydrogen-bond donors (Lipinski definition) is 0. The van der Waals surface area contributed by atoms with Crippen molar-refractivity contribution in [3.63, 3.8) is 0 Å². The average molecular weight is 449 g/mol. The summed E-state index contributed by atoms with van der Waals surface area (Å²) in [5, 5.41) is 0. The van der Waals surface area contributed by atoms with Gasteiger partial charge in [-0.25, -0.2) is 19.2 Å². The van der Waals surface area contributed by atoms with E-state index < -0.39 is 23.7 Å². The number of aliphatic imine (C=N–C) groups is 2. The van der Waals surface area contributed by atoms with Crippen molar-refractivity contribution < 1.29 is 27.1 Å². The largest absolute Gasteiger partial charge is 0.415 e. The van der Waals surface area contributed by atoms with Gasteiger partial charge in [0.2, 0.25) is 0 Å². The molecule has 0 aromatic heterocycles. The van der Waals surface area contributed by atoms with Crippen LogP contribution in [-0.4, -0.2) is 35.8 Å². The van der Waals surface area contributed by atoms with Crippen LogP contribution in [0.3, 0.4) is 0 Å². The molecule has 32 heavy (non-hydrogen) atoms. The highest BCUT2D eigenvalue weighted by atomic mass is 19.4. The molecule has 0 N–H and O–H groups in total. The monoisotopic (exact) mass is 449 g/mol. The number of amides is 1. The Kier molecular flexibility index (Phi) is 8.28. The Morgan fingerprint density at radius 2 is 2.00 bits per heavy atom. The van der Waals surface area contributed by atoms with Gasteiger partial charge >= 0.3 is 12.3 Å². The molecule has 5 nitrogen and oxygen atoms in total. The molecular formula is C23H23F4N3O2. The van der Waals surface area contributed by atoms with Crippen LogP contribution in [0.1, 0.15) is 31.9 Å². The van der Waals surface area contributed by atoms with Crippen molar-refractivity contribution in [3.8, 4) is 5.75 Å². The van der Waals surface area contributed by atoms with Crippen molar-refractivity contribution in [1.29, 1.82) is 0 Å². The van der Waals surface area contributed by atoms with Gasteiger partial charge in [0.25, 0.3) is 0 Å². The normalized spacial score (nSPS) is 16.0. The first-order valence-electron chi connectivity index (χ1n) is 9.64. The van der Waals surface area contributed by atoms with Crippen LogP contribution >= 0.6 is 0 Å². The number of hydrogen-bond acceptors (Lipinski definition) is 3. The summed E-state index contributed by atoms with van der Waals surface area (Å²) in [5.74, 6) is -0.224. The van der Waals surface area contributed by atoms with Crippen molar-refractivity contribution in [1.82, 2.24) is 4.90 Å². The van der Waals surface area contributed by atoms with Gasteiger partial charge in [0.05, 0.1) is 13.1 Å². The molecule has 0 bridgehead atoms. The summed E-state index contributed by atoms with van der Waals surface area (Å²) < 4.78 is 57.6. The van der Waals surface area contributed by atoms with Crippen molar-refractivity contribution in [2.45, 2.75) is 33.5 Å². The summed E-state index contributed by atoms with van der Waals surface area (Å²) >= 11 is 0. The fraction of sp³-hybridized carbons (Fsp3) is 0.261. The highest BCUT2D eigenvalue weighted by Crippen LogP contribution is 2.32. The molecule has 1 aliphatic rings. The first-order valence-corrected chi connectivity index (χ1v) is 9.64. The average Bonchev–Trinajstić information content (AvgIpc) is 2.71. The molecule has 1 heterocycles. The fourth-order valence-electron chi connectivity index (χ4n) is 2.76. The third-order valence-corrected chi connectivity index (χ3v) is 4.41. The fourth-order valence-corrected chi connectivity index (χ4v) is 2.76. The number of nitrogens with zero attached hydrogens (tertiary/aromatic N) is 3. The minimum atomic E-state index is -4.52. The van der Waals surface area contributed by atoms with Crippen molar-refractivity contribution in [2.75, 3.05) is 6.54 Å². The Hall–Kier alpha value is -3.49. The van der Waals surface area contributed by atoms with E-state index in [2.05, 4.69) is 16.6 Å². The summed E-state index contributed by atoms with van der Waals surface area (Å²) in [6.45, 7) is 7.82. The standard InChI is InChI=1S/C23H23F4N3O2/c1-5-11-29-21(28-6-2)14-30-13-18-12-17(8-10-20(18)32-22(30)31)19(16(4)24)9-7-15(3)23(25,26)27/h5-12H,4,13-14H2,1-3H3/b11-5+,15-7+,19-9+,28-6?,29-21?. The second-order valence-corrected chi connectivity index (χ2v) is 6.79. The number of halogens is 4. The first-order chi connectivity index (χ1) is 15.1. The Morgan fingerprint density at radius 1 is 1.28 bits per heavy atom. The lowest BCUT2D eigenvalue weighted by Gasteiger charge is -2.28. The van der Waals surface area contributed by atoms with Crippen LogP contribution in [0.5, 0.6) is 5.75 Å². The molecule has 0 spiro atoms. The quantitative estimate of drug-likeness (QED) is 0.218. The maximum Gasteiger partial charge on any atom is 0.415 e. The Balaban J connectivity index is 2.37. The summed E-state index contributed by atoms with van der Waals surface area (Å²) in [5.41, 5.74) is -0.129. The van der Waals surface area contributed by atoms with E-state index >= 15 is 0 Å². The Labute approximate surface area is 183 Å². The minimum absolute atomic E-state index is 0.0726. The SMILES string of the molecule is C=C(F)/C(=C\C=C(/C)C(F)(F)F)c1ccc2c(c1)CN(CC(N=CC)=N/C=C/C)C(=O)O2. The van der Waals surface area contributed by atoms with Gasteiger partial charge in [-0.3, -0.25) is 4.90 Å². The van der Waals surface area contributed by atoms with Crippen molar-refractivity contribution in [2.24, 2.45) is 9.98 Å². The maximum atomic E-state index is 14.0. The van der Waals surface area contributed by atoms with E-state index in [-0.39, 0.29) is 24.4 Å². The molecule has 1 amide bonds. The molecule has 0 aliphatic carbocycles. The van der Waals surface area contributed by atoms with Crippen LogP contribution in [0.2, 0.25) is 0 Å². The molecule has 0 unspecified atom stereocenters. The smallest absolute Gasteiger partial charge is 0.410 e. The molecule has 2 rings (SSSR count). The van der Waals surface area contributed by atoms with Crippen LogP contribution in [0.15, 0.2) is 70.6 Å². The molecule has 170 valence electrons. The zero-order valence-corrected chi connectivity index (χ0v) is 17.9. The highest BCUT2D eigenvalue weighted by Gasteiger charge is 2.29. The van der Waals surface area contributed by atoms with Gasteiger partial charge in [-0.05, 0) is 38.5 Å². The summed E-state index contributed by atoms with van der Waals surface area (Å²) in [4.78, 5) is 22.0. The van der Waals surface area contributed by atoms with Gasteiger partial charge in [-0.15, -0.1) is 0 Å². The lowest BCUT2D eigenvalue weighted by molar-refractivity contribution is -0.0913. The van der Waals surface area contributed by atoms with E-state index in [0.717, 1.165) is 19.1 Å². The van der Waals surface area contributed by atoms with E-state index in [1.54, 1.807) is 38.4 Å². The van der Waals surface area contributed by atoms with E-state index in [9.17, 15) is 22.4 Å². The van der Waals surface area contributed by atoms with Gasteiger partial charge in [-0.2, -0.15) is 13.2 Å². The number of fused-ring (bicyclic) bond motifs is 1. The second kappa shape index (κ2) is 10.7. The number of carbonyl (C=O) groups is 1. The molecule has 1 aliphatic heterocycles. The predicted molar refractivity (Wildman–Crippen MR) is 117 cm³/mol. The van der Waals surface area contributed by atoms with Gasteiger partial charge in [-0.1, -0.05) is 30.9 Å². The van der Waals surface area contributed by atoms with Gasteiger partial charge in [0.15, 0.2) is 0 Å². The van der Waals surface area contributed by atoms with E-state index in [4.69, 9.17) is 4.74 Å². The summed E-state index contributed by atoms with van der Waals surface area (Å²) in [6, 6.07) is 4.47. The zero-order chi connectivity index (χ0) is 23.9. The highest BCUT2D eigenvalue weighted by molar-refractivity contribution is 5.93. The number of alkyl halides is 3. The molecule has 0 fully saturated rings. The van der Waals surface area contributed by atoms with Gasteiger partial charge < -0.3 is 4.74 Å². The molecule has 1 aromatic rings. The number of benzene rings is 1. The summed E-state index contributed by atoms with van der Waals surface area (Å²) in [6.07, 6.45) is 1.51. The number of rotatable bonds is 6. The molecule has 1 aromatic carbocycles. The van der Waals surface area contributed by atoms with Crippen LogP contribution in [0, 0.1) is 0 Å². The van der Waals surface area contributed by atoms with Gasteiger partial charge in [0, 0.05) is 29.1 Å². The number of allylic oxidation sites excluding steroid dienone is 6. The van der Waals surface area contributed by atoms with Crippen molar-refractivity contribution in [3.05, 3.63) is 71.7 Å². The lowest BCUT2D eigenvalue weighted by atomic mass is 10.00. The molecule has 0 saturated heterocycles. The Bertz CT molecular complexity index is 1030. The van der Waals surface area contributed by atoms with E-state index in [0.29, 0.717) is 17.0 Å². The van der Waals surface area contributed by atoms with Crippen LogP contribution in [0.4, 0.5) is 22.4 Å². The van der Waals surface area contributed by atoms with Crippen LogP contribution in [0.25, 0.3) is 5.57 Å². The second-order valence-electron chi connectivity index (χ2n) is 6.79. The van der Waals surface area contributed by atoms with Gasteiger partial charge in [0.1, 0.15) is 17.4 Å². The minimum Gasteiger partial charge on any atom is -0.410 e. The number of carbonyl (C=O) groups excluding carboxylic acids is 1. The first kappa shape index (κ1) is 24.8. The molecule has 0 radical (unpaired) electrons. The Morgan fingerprint density at radius 3 is 2.59 bits per heavy atom. The third kappa shape index (κ3) is 6.50. The van der Waals surface area contributed by atoms with E-state index in [1.165, 1.54) is 17.0 Å². The van der Waals surface area contributed by atoms with Crippen LogP contribution < -0.4 is 4.74 Å². The topological polar surface area (TPSA) is 54.3 Å². The molecule has 0 saturated carbocycles. The summed E-state index contributed by atoms with van der Waals surface area (Å²) in [7, 11) is 0. The lowest BCUT2D eigenvalue weighted by Crippen LogP contribution is -2.40. The van der Waals surface area contributed by atoms with Crippen LogP contribution in [-0.2, 0) is 6.54 Å². The zero-order valence-electron chi connectivity index (χ0n) is 17.9. The van der Waals surface area contributed by atoms with Crippen molar-refractivity contribution >= 4 is 23.7 Å². The number of ether oxygens (including phenoxy) is 1.